The van der Waals surface area contributed by atoms with Crippen LogP contribution in [0.15, 0.2) is 23.8 Å². The van der Waals surface area contributed by atoms with Crippen molar-refractivity contribution in [1.29, 1.82) is 0 Å². The Labute approximate surface area is 91.0 Å². The fourth-order valence-corrected chi connectivity index (χ4v) is 2.92. The van der Waals surface area contributed by atoms with E-state index < -0.39 is 0 Å². The van der Waals surface area contributed by atoms with E-state index in [1.54, 1.807) is 0 Å². The Hall–Kier alpha value is -1.05. The topological polar surface area (TPSA) is 26.3 Å². The van der Waals surface area contributed by atoms with E-state index >= 15 is 0 Å². The minimum absolute atomic E-state index is 0.0246. The molecule has 15 heavy (non-hydrogen) atoms. The van der Waals surface area contributed by atoms with Gasteiger partial charge in [0.2, 0.25) is 0 Å². The molecule has 2 aliphatic rings. The average molecular weight is 206 g/mol. The van der Waals surface area contributed by atoms with Crippen molar-refractivity contribution in [3.8, 4) is 0 Å². The fraction of sp³-hybridized carbons (Fsp3) is 0.615. The molecule has 2 rings (SSSR count). The van der Waals surface area contributed by atoms with Crippen molar-refractivity contribution in [1.82, 2.24) is 0 Å². The van der Waals surface area contributed by atoms with E-state index in [1.165, 1.54) is 11.1 Å². The molecule has 2 nitrogen and oxygen atoms in total. The summed E-state index contributed by atoms with van der Waals surface area (Å²) in [7, 11) is 0. The molecule has 2 atom stereocenters. The van der Waals surface area contributed by atoms with Crippen LogP contribution in [-0.4, -0.2) is 12.1 Å². The lowest BCUT2D eigenvalue weighted by Crippen LogP contribution is -2.33. The summed E-state index contributed by atoms with van der Waals surface area (Å²) in [5, 5.41) is 0. The number of fused-ring (bicyclic) bond motifs is 2. The van der Waals surface area contributed by atoms with Gasteiger partial charge in [0.1, 0.15) is 6.10 Å². The average Bonchev–Trinajstić information content (AvgIpc) is 2.52. The molecule has 1 heterocycles. The molecular weight excluding hydrogens is 188 g/mol. The second-order valence-corrected chi connectivity index (χ2v) is 5.09. The van der Waals surface area contributed by atoms with Gasteiger partial charge in [-0.15, -0.1) is 6.58 Å². The molecule has 1 aliphatic heterocycles. The van der Waals surface area contributed by atoms with Gasteiger partial charge in [-0.05, 0) is 24.3 Å². The second-order valence-electron chi connectivity index (χ2n) is 5.09. The van der Waals surface area contributed by atoms with E-state index in [0.29, 0.717) is 0 Å². The first-order chi connectivity index (χ1) is 6.98. The van der Waals surface area contributed by atoms with Gasteiger partial charge in [0.05, 0.1) is 5.92 Å². The lowest BCUT2D eigenvalue weighted by atomic mass is 9.65. The number of carbonyl (C=O) groups is 1. The zero-order chi connectivity index (χ0) is 11.2. The van der Waals surface area contributed by atoms with E-state index in [0.717, 1.165) is 12.8 Å². The molecule has 0 N–H and O–H groups in total. The van der Waals surface area contributed by atoms with Crippen LogP contribution in [0.3, 0.4) is 0 Å². The third-order valence-corrected chi connectivity index (χ3v) is 3.95. The highest BCUT2D eigenvalue weighted by molar-refractivity contribution is 5.78. The first-order valence-corrected chi connectivity index (χ1v) is 5.50. The Bertz CT molecular complexity index is 350. The summed E-state index contributed by atoms with van der Waals surface area (Å²) in [4.78, 5) is 11.7. The highest BCUT2D eigenvalue weighted by Gasteiger charge is 2.50. The Morgan fingerprint density at radius 3 is 2.87 bits per heavy atom. The molecule has 2 bridgehead atoms. The molecule has 0 aromatic heterocycles. The van der Waals surface area contributed by atoms with Gasteiger partial charge in [0, 0.05) is 6.42 Å². The number of esters is 1. The van der Waals surface area contributed by atoms with Crippen molar-refractivity contribution in [2.45, 2.75) is 39.7 Å². The maximum absolute atomic E-state index is 11.7. The minimum atomic E-state index is -0.0671. The Morgan fingerprint density at radius 1 is 1.60 bits per heavy atom. The maximum atomic E-state index is 11.7. The molecule has 82 valence electrons. The summed E-state index contributed by atoms with van der Waals surface area (Å²) >= 11 is 0. The van der Waals surface area contributed by atoms with Crippen LogP contribution in [-0.2, 0) is 9.53 Å². The lowest BCUT2D eigenvalue weighted by molar-refractivity contribution is -0.144. The van der Waals surface area contributed by atoms with Crippen LogP contribution in [0, 0.1) is 11.3 Å². The third kappa shape index (κ3) is 1.35. The quantitative estimate of drug-likeness (QED) is 0.513. The first-order valence-electron chi connectivity index (χ1n) is 5.50. The van der Waals surface area contributed by atoms with Crippen molar-refractivity contribution in [3.05, 3.63) is 23.8 Å². The van der Waals surface area contributed by atoms with Gasteiger partial charge < -0.3 is 4.74 Å². The van der Waals surface area contributed by atoms with Gasteiger partial charge in [-0.25, -0.2) is 0 Å². The van der Waals surface area contributed by atoms with E-state index in [-0.39, 0.29) is 23.4 Å². The Balaban J connectivity index is 2.47. The third-order valence-electron chi connectivity index (χ3n) is 3.95. The van der Waals surface area contributed by atoms with Gasteiger partial charge in [0.15, 0.2) is 0 Å². The molecule has 0 aromatic carbocycles. The normalized spacial score (nSPS) is 32.9. The van der Waals surface area contributed by atoms with E-state index in [2.05, 4.69) is 27.4 Å². The van der Waals surface area contributed by atoms with Crippen molar-refractivity contribution >= 4 is 5.97 Å². The van der Waals surface area contributed by atoms with Crippen LogP contribution in [0.4, 0.5) is 0 Å². The van der Waals surface area contributed by atoms with Crippen LogP contribution in [0.2, 0.25) is 0 Å². The predicted molar refractivity (Wildman–Crippen MR) is 59.3 cm³/mol. The highest BCUT2D eigenvalue weighted by Crippen LogP contribution is 2.50. The van der Waals surface area contributed by atoms with Crippen LogP contribution >= 0.6 is 0 Å². The van der Waals surface area contributed by atoms with Crippen LogP contribution < -0.4 is 0 Å². The number of allylic oxidation sites excluding steroid dienone is 2. The predicted octanol–water partition coefficient (Wildman–Crippen LogP) is 2.85. The van der Waals surface area contributed by atoms with E-state index in [9.17, 15) is 4.79 Å². The van der Waals surface area contributed by atoms with E-state index in [1.807, 2.05) is 6.08 Å². The monoisotopic (exact) mass is 206 g/mol. The summed E-state index contributed by atoms with van der Waals surface area (Å²) in [6, 6.07) is 0. The zero-order valence-corrected chi connectivity index (χ0v) is 9.67. The second kappa shape index (κ2) is 3.22. The van der Waals surface area contributed by atoms with Crippen molar-refractivity contribution in [2.75, 3.05) is 0 Å². The van der Waals surface area contributed by atoms with Crippen molar-refractivity contribution in [2.24, 2.45) is 11.3 Å². The summed E-state index contributed by atoms with van der Waals surface area (Å²) in [5.41, 5.74) is 2.51. The van der Waals surface area contributed by atoms with Crippen LogP contribution in [0.25, 0.3) is 0 Å². The van der Waals surface area contributed by atoms with Crippen LogP contribution in [0.1, 0.15) is 33.6 Å². The molecule has 1 saturated heterocycles. The summed E-state index contributed by atoms with van der Waals surface area (Å²) in [5.74, 6) is 0.0181. The summed E-state index contributed by atoms with van der Waals surface area (Å²) in [6.07, 6.45) is 3.67. The van der Waals surface area contributed by atoms with Gasteiger partial charge >= 0.3 is 5.97 Å². The van der Waals surface area contributed by atoms with Gasteiger partial charge in [-0.3, -0.25) is 4.79 Å². The molecule has 1 aliphatic carbocycles. The van der Waals surface area contributed by atoms with Gasteiger partial charge in [0.25, 0.3) is 0 Å². The highest BCUT2D eigenvalue weighted by atomic mass is 16.6. The van der Waals surface area contributed by atoms with Crippen molar-refractivity contribution in [3.63, 3.8) is 0 Å². The Kier molecular flexibility index (Phi) is 2.25. The molecule has 0 saturated carbocycles. The molecule has 2 heteroatoms. The minimum Gasteiger partial charge on any atom is -0.458 e. The number of rotatable bonds is 2. The summed E-state index contributed by atoms with van der Waals surface area (Å²) < 4.78 is 5.38. The largest absolute Gasteiger partial charge is 0.458 e. The number of hydrogen-bond acceptors (Lipinski definition) is 2. The maximum Gasteiger partial charge on any atom is 0.310 e. The number of hydrogen-bond donors (Lipinski definition) is 0. The molecule has 0 unspecified atom stereocenters. The fourth-order valence-electron chi connectivity index (χ4n) is 2.92. The molecular formula is C13H18O2. The number of carbonyl (C=O) groups excluding carboxylic acids is 1. The molecule has 0 aromatic rings. The molecule has 1 fully saturated rings. The Morgan fingerprint density at radius 2 is 2.27 bits per heavy atom. The first kappa shape index (κ1) is 10.5. The van der Waals surface area contributed by atoms with Gasteiger partial charge in [-0.1, -0.05) is 25.5 Å². The zero-order valence-electron chi connectivity index (χ0n) is 9.67. The molecule has 0 radical (unpaired) electrons. The van der Waals surface area contributed by atoms with Crippen molar-refractivity contribution < 1.29 is 9.53 Å². The van der Waals surface area contributed by atoms with Crippen LogP contribution in [0.5, 0.6) is 0 Å². The molecule has 0 spiro atoms. The summed E-state index contributed by atoms with van der Waals surface area (Å²) in [6.45, 7) is 10.2. The SMILES string of the molecule is C=CCC1=C(C)[C@H]2C[C@H](C(=O)O2)C1(C)C. The standard InChI is InChI=1S/C13H18O2/c1-5-6-9-8(2)11-7-10(12(14)15-11)13(9,3)4/h5,10-11H,1,6-7H2,2-4H3/t10-,11-/m1/s1. The molecule has 0 amide bonds. The van der Waals surface area contributed by atoms with E-state index in [4.69, 9.17) is 4.74 Å². The number of ether oxygens (including phenoxy) is 1. The smallest absolute Gasteiger partial charge is 0.310 e. The van der Waals surface area contributed by atoms with Gasteiger partial charge in [-0.2, -0.15) is 0 Å². The lowest BCUT2D eigenvalue weighted by Gasteiger charge is -2.36.